The number of hydrogen-bond acceptors (Lipinski definition) is 3. The first kappa shape index (κ1) is 14.1. The van der Waals surface area contributed by atoms with Crippen molar-refractivity contribution in [1.29, 1.82) is 0 Å². The van der Waals surface area contributed by atoms with E-state index < -0.39 is 48.3 Å². The molecule has 100 valence electrons. The number of alkyl halides is 4. The van der Waals surface area contributed by atoms with Crippen molar-refractivity contribution in [3.63, 3.8) is 0 Å². The van der Waals surface area contributed by atoms with Gasteiger partial charge in [0.15, 0.2) is 11.6 Å². The summed E-state index contributed by atoms with van der Waals surface area (Å²) in [4.78, 5) is 13.5. The summed E-state index contributed by atoms with van der Waals surface area (Å²) >= 11 is 0. The number of aromatic nitrogens is 1. The van der Waals surface area contributed by atoms with E-state index in [1.165, 1.54) is 0 Å². The van der Waals surface area contributed by atoms with Gasteiger partial charge in [0.1, 0.15) is 12.4 Å². The van der Waals surface area contributed by atoms with Gasteiger partial charge >= 0.3 is 12.3 Å². The van der Waals surface area contributed by atoms with Crippen molar-refractivity contribution in [2.45, 2.75) is 19.5 Å². The van der Waals surface area contributed by atoms with E-state index in [-0.39, 0.29) is 0 Å². The van der Waals surface area contributed by atoms with E-state index in [1.54, 1.807) is 0 Å². The fourth-order valence-corrected chi connectivity index (χ4v) is 1.14. The van der Waals surface area contributed by atoms with Crippen molar-refractivity contribution in [3.8, 4) is 5.75 Å². The third-order valence-corrected chi connectivity index (χ3v) is 1.81. The van der Waals surface area contributed by atoms with Gasteiger partial charge in [-0.15, -0.1) is 13.2 Å². The minimum Gasteiger partial charge on any atom is -0.481 e. The smallest absolute Gasteiger partial charge is 0.481 e. The van der Waals surface area contributed by atoms with Crippen LogP contribution in [0.3, 0.4) is 0 Å². The van der Waals surface area contributed by atoms with Crippen LogP contribution in [0.25, 0.3) is 0 Å². The zero-order valence-corrected chi connectivity index (χ0v) is 8.59. The van der Waals surface area contributed by atoms with Crippen LogP contribution < -0.4 is 4.74 Å². The zero-order valence-electron chi connectivity index (χ0n) is 8.59. The highest BCUT2D eigenvalue weighted by atomic mass is 19.4. The molecule has 0 atom stereocenters. The number of hydrogen-bond donors (Lipinski definition) is 1. The largest absolute Gasteiger partial charge is 0.573 e. The highest BCUT2D eigenvalue weighted by Gasteiger charge is 2.34. The van der Waals surface area contributed by atoms with Crippen LogP contribution in [0.15, 0.2) is 6.20 Å². The average Bonchev–Trinajstić information content (AvgIpc) is 2.22. The predicted molar refractivity (Wildman–Crippen MR) is 47.0 cm³/mol. The summed E-state index contributed by atoms with van der Waals surface area (Å²) < 4.78 is 65.1. The Labute approximate surface area is 97.0 Å². The van der Waals surface area contributed by atoms with Gasteiger partial charge in [-0.2, -0.15) is 0 Å². The maximum absolute atomic E-state index is 13.5. The molecule has 0 spiro atoms. The summed E-state index contributed by atoms with van der Waals surface area (Å²) in [6.45, 7) is -1.48. The summed E-state index contributed by atoms with van der Waals surface area (Å²) in [6, 6.07) is 0. The molecule has 1 heterocycles. The number of carbonyl (C=O) groups is 1. The molecule has 18 heavy (non-hydrogen) atoms. The standard InChI is InChI=1S/C9H6F5NO3/c10-2-5-8(18-9(12,13)14)7(11)4(3-15-5)1-6(16)17/h3H,1-2H2,(H,16,17). The lowest BCUT2D eigenvalue weighted by Crippen LogP contribution is -2.20. The van der Waals surface area contributed by atoms with Crippen LogP contribution in [0.1, 0.15) is 11.3 Å². The molecule has 4 nitrogen and oxygen atoms in total. The highest BCUT2D eigenvalue weighted by Crippen LogP contribution is 2.30. The molecule has 1 aromatic heterocycles. The molecule has 0 bridgehead atoms. The molecule has 0 amide bonds. The first-order chi connectivity index (χ1) is 8.24. The van der Waals surface area contributed by atoms with E-state index in [1.807, 2.05) is 0 Å². The molecule has 0 unspecified atom stereocenters. The number of halogens is 5. The number of carboxylic acid groups (broad SMARTS) is 1. The normalized spacial score (nSPS) is 11.4. The van der Waals surface area contributed by atoms with Gasteiger partial charge < -0.3 is 9.84 Å². The SMILES string of the molecule is O=C(O)Cc1cnc(CF)c(OC(F)(F)F)c1F. The molecule has 0 radical (unpaired) electrons. The van der Waals surface area contributed by atoms with Gasteiger partial charge in [0.2, 0.25) is 0 Å². The molecular weight excluding hydrogens is 265 g/mol. The molecule has 0 saturated carbocycles. The molecular formula is C9H6F5NO3. The number of aliphatic carboxylic acids is 1. The second kappa shape index (κ2) is 5.15. The highest BCUT2D eigenvalue weighted by molar-refractivity contribution is 5.70. The first-order valence-corrected chi connectivity index (χ1v) is 4.44. The first-order valence-electron chi connectivity index (χ1n) is 4.44. The fraction of sp³-hybridized carbons (Fsp3) is 0.333. The maximum Gasteiger partial charge on any atom is 0.573 e. The molecule has 9 heteroatoms. The minimum absolute atomic E-state index is 0.626. The van der Waals surface area contributed by atoms with Crippen LogP contribution in [0.5, 0.6) is 5.75 Å². The van der Waals surface area contributed by atoms with Crippen LogP contribution in [-0.2, 0) is 17.9 Å². The van der Waals surface area contributed by atoms with Gasteiger partial charge in [0, 0.05) is 11.8 Å². The summed E-state index contributed by atoms with van der Waals surface area (Å²) in [7, 11) is 0. The monoisotopic (exact) mass is 271 g/mol. The molecule has 0 aliphatic heterocycles. The van der Waals surface area contributed by atoms with Crippen molar-refractivity contribution in [2.24, 2.45) is 0 Å². The molecule has 0 aliphatic rings. The number of pyridine rings is 1. The van der Waals surface area contributed by atoms with Crippen molar-refractivity contribution in [3.05, 3.63) is 23.3 Å². The van der Waals surface area contributed by atoms with E-state index in [4.69, 9.17) is 5.11 Å². The minimum atomic E-state index is -5.23. The molecule has 0 fully saturated rings. The Balaban J connectivity index is 3.22. The molecule has 1 N–H and O–H groups in total. The van der Waals surface area contributed by atoms with Crippen molar-refractivity contribution in [1.82, 2.24) is 4.98 Å². The summed E-state index contributed by atoms with van der Waals surface area (Å²) in [5.41, 5.74) is -1.52. The third-order valence-electron chi connectivity index (χ3n) is 1.81. The van der Waals surface area contributed by atoms with Crippen LogP contribution in [0.4, 0.5) is 22.0 Å². The van der Waals surface area contributed by atoms with E-state index in [0.29, 0.717) is 6.20 Å². The zero-order chi connectivity index (χ0) is 13.9. The lowest BCUT2D eigenvalue weighted by molar-refractivity contribution is -0.276. The third kappa shape index (κ3) is 3.54. The second-order valence-electron chi connectivity index (χ2n) is 3.13. The van der Waals surface area contributed by atoms with Gasteiger partial charge in [0.05, 0.1) is 6.42 Å². The Morgan fingerprint density at radius 3 is 2.50 bits per heavy atom. The van der Waals surface area contributed by atoms with Crippen molar-refractivity contribution >= 4 is 5.97 Å². The van der Waals surface area contributed by atoms with Gasteiger partial charge in [0.25, 0.3) is 0 Å². The Bertz CT molecular complexity index is 460. The fourth-order valence-electron chi connectivity index (χ4n) is 1.14. The predicted octanol–water partition coefficient (Wildman–Crippen LogP) is 2.22. The quantitative estimate of drug-likeness (QED) is 0.853. The van der Waals surface area contributed by atoms with E-state index in [9.17, 15) is 26.7 Å². The van der Waals surface area contributed by atoms with Gasteiger partial charge in [-0.25, -0.2) is 8.78 Å². The Morgan fingerprint density at radius 1 is 1.44 bits per heavy atom. The number of ether oxygens (including phenoxy) is 1. The van der Waals surface area contributed by atoms with E-state index in [0.717, 1.165) is 0 Å². The van der Waals surface area contributed by atoms with Crippen molar-refractivity contribution in [2.75, 3.05) is 0 Å². The van der Waals surface area contributed by atoms with E-state index >= 15 is 0 Å². The van der Waals surface area contributed by atoms with Crippen LogP contribution in [-0.4, -0.2) is 22.4 Å². The van der Waals surface area contributed by atoms with Gasteiger partial charge in [-0.05, 0) is 0 Å². The molecule has 0 aliphatic carbocycles. The van der Waals surface area contributed by atoms with Crippen LogP contribution in [0, 0.1) is 5.82 Å². The van der Waals surface area contributed by atoms with E-state index in [2.05, 4.69) is 9.72 Å². The molecule has 1 aromatic rings. The average molecular weight is 271 g/mol. The molecule has 0 saturated heterocycles. The Hall–Kier alpha value is -1.93. The molecule has 1 rings (SSSR count). The Morgan fingerprint density at radius 2 is 2.06 bits per heavy atom. The summed E-state index contributed by atoms with van der Waals surface area (Å²) in [5, 5.41) is 8.41. The van der Waals surface area contributed by atoms with Gasteiger partial charge in [-0.1, -0.05) is 0 Å². The summed E-state index contributed by atoms with van der Waals surface area (Å²) in [5.74, 6) is -4.50. The maximum atomic E-state index is 13.5. The molecule has 0 aromatic carbocycles. The van der Waals surface area contributed by atoms with Crippen LogP contribution >= 0.6 is 0 Å². The van der Waals surface area contributed by atoms with Crippen LogP contribution in [0.2, 0.25) is 0 Å². The lowest BCUT2D eigenvalue weighted by atomic mass is 10.1. The lowest BCUT2D eigenvalue weighted by Gasteiger charge is -2.13. The number of carboxylic acids is 1. The topological polar surface area (TPSA) is 59.4 Å². The second-order valence-corrected chi connectivity index (χ2v) is 3.13. The number of rotatable bonds is 4. The Kier molecular flexibility index (Phi) is 4.04. The van der Waals surface area contributed by atoms with Crippen molar-refractivity contribution < 1.29 is 36.6 Å². The summed E-state index contributed by atoms with van der Waals surface area (Å²) in [6.07, 6.45) is -5.46. The van der Waals surface area contributed by atoms with Gasteiger partial charge in [-0.3, -0.25) is 9.78 Å². The number of nitrogens with zero attached hydrogens (tertiary/aromatic N) is 1.